The van der Waals surface area contributed by atoms with Crippen LogP contribution in [0.1, 0.15) is 19.8 Å². The number of amides is 1. The average Bonchev–Trinajstić information content (AvgIpc) is 2.69. The van der Waals surface area contributed by atoms with E-state index in [0.717, 1.165) is 29.0 Å². The Hall–Kier alpha value is -2.09. The lowest BCUT2D eigenvalue weighted by Gasteiger charge is -2.32. The molecular weight excluding hydrogens is 410 g/mol. The van der Waals surface area contributed by atoms with Gasteiger partial charge in [0, 0.05) is 36.5 Å². The summed E-state index contributed by atoms with van der Waals surface area (Å²) < 4.78 is 26.2. The van der Waals surface area contributed by atoms with Crippen LogP contribution in [0.2, 0.25) is 5.02 Å². The van der Waals surface area contributed by atoms with Gasteiger partial charge in [0.1, 0.15) is 0 Å². The smallest absolute Gasteiger partial charge is 0.243 e. The van der Waals surface area contributed by atoms with E-state index in [1.807, 2.05) is 24.3 Å². The number of anilines is 2. The van der Waals surface area contributed by atoms with Crippen LogP contribution in [0.5, 0.6) is 0 Å². The monoisotopic (exact) mass is 435 g/mol. The van der Waals surface area contributed by atoms with Crippen molar-refractivity contribution in [2.24, 2.45) is 5.92 Å². The van der Waals surface area contributed by atoms with Crippen LogP contribution in [-0.4, -0.2) is 45.3 Å². The minimum absolute atomic E-state index is 0.0948. The average molecular weight is 436 g/mol. The highest BCUT2D eigenvalue weighted by Crippen LogP contribution is 2.24. The summed E-state index contributed by atoms with van der Waals surface area (Å²) in [6.45, 7) is 4.08. The van der Waals surface area contributed by atoms with Crippen LogP contribution in [0.25, 0.3) is 0 Å². The predicted molar refractivity (Wildman–Crippen MR) is 117 cm³/mol. The van der Waals surface area contributed by atoms with Gasteiger partial charge < -0.3 is 10.2 Å². The molecule has 8 heteroatoms. The van der Waals surface area contributed by atoms with Crippen LogP contribution in [0, 0.1) is 5.92 Å². The molecule has 1 N–H and O–H groups in total. The topological polar surface area (TPSA) is 69.7 Å². The maximum atomic E-state index is 12.6. The van der Waals surface area contributed by atoms with Gasteiger partial charge in [-0.1, -0.05) is 18.5 Å². The number of likely N-dealkylation sites (N-methyl/N-ethyl adjacent to an activating group) is 1. The zero-order valence-electron chi connectivity index (χ0n) is 16.6. The minimum Gasteiger partial charge on any atom is -0.372 e. The maximum absolute atomic E-state index is 12.6. The van der Waals surface area contributed by atoms with Crippen molar-refractivity contribution in [2.45, 2.75) is 24.7 Å². The lowest BCUT2D eigenvalue weighted by atomic mass is 9.99. The minimum atomic E-state index is -3.76. The molecule has 0 spiro atoms. The molecule has 1 aliphatic heterocycles. The van der Waals surface area contributed by atoms with Gasteiger partial charge >= 0.3 is 0 Å². The molecule has 0 aromatic heterocycles. The van der Waals surface area contributed by atoms with Crippen molar-refractivity contribution >= 4 is 38.9 Å². The Bertz CT molecular complexity index is 938. The fourth-order valence-corrected chi connectivity index (χ4v) is 4.55. The molecule has 3 rings (SSSR count). The van der Waals surface area contributed by atoms with E-state index < -0.39 is 15.9 Å². The number of benzene rings is 2. The predicted octanol–water partition coefficient (Wildman–Crippen LogP) is 3.84. The van der Waals surface area contributed by atoms with Crippen molar-refractivity contribution in [3.8, 4) is 0 Å². The van der Waals surface area contributed by atoms with Crippen molar-refractivity contribution in [3.05, 3.63) is 53.6 Å². The van der Waals surface area contributed by atoms with Crippen molar-refractivity contribution in [2.75, 3.05) is 36.9 Å². The number of carbonyl (C=O) groups excluding carboxylic acids is 1. The quantitative estimate of drug-likeness (QED) is 0.748. The zero-order valence-corrected chi connectivity index (χ0v) is 18.2. The molecule has 2 aromatic rings. The molecule has 0 radical (unpaired) electrons. The molecule has 0 unspecified atom stereocenters. The standard InChI is InChI=1S/C21H26ClN3O3S/c1-16-11-13-25(14-12-16)19-7-5-18(6-8-19)23-21(26)15-24(2)29(27,28)20-9-3-17(22)4-10-20/h3-10,16H,11-15H2,1-2H3,(H,23,26). The summed E-state index contributed by atoms with van der Waals surface area (Å²) in [5.74, 6) is 0.371. The van der Waals surface area contributed by atoms with Gasteiger partial charge in [-0.05, 0) is 67.3 Å². The van der Waals surface area contributed by atoms with E-state index >= 15 is 0 Å². The van der Waals surface area contributed by atoms with Crippen LogP contribution in [0.3, 0.4) is 0 Å². The number of nitrogens with zero attached hydrogens (tertiary/aromatic N) is 2. The molecule has 2 aromatic carbocycles. The third kappa shape index (κ3) is 5.50. The first-order valence-electron chi connectivity index (χ1n) is 9.62. The first kappa shape index (κ1) is 21.6. The number of carbonyl (C=O) groups is 1. The molecule has 0 atom stereocenters. The van der Waals surface area contributed by atoms with Crippen LogP contribution in [0.15, 0.2) is 53.4 Å². The Balaban J connectivity index is 1.58. The van der Waals surface area contributed by atoms with Crippen molar-refractivity contribution in [1.82, 2.24) is 4.31 Å². The highest BCUT2D eigenvalue weighted by molar-refractivity contribution is 7.89. The Morgan fingerprint density at radius 1 is 1.10 bits per heavy atom. The summed E-state index contributed by atoms with van der Waals surface area (Å²) in [5, 5.41) is 3.21. The van der Waals surface area contributed by atoms with Crippen molar-refractivity contribution in [1.29, 1.82) is 0 Å². The summed E-state index contributed by atoms with van der Waals surface area (Å²) in [6, 6.07) is 13.5. The molecule has 0 bridgehead atoms. The van der Waals surface area contributed by atoms with Crippen LogP contribution in [-0.2, 0) is 14.8 Å². The normalized spacial score (nSPS) is 15.5. The van der Waals surface area contributed by atoms with Gasteiger partial charge in [0.2, 0.25) is 15.9 Å². The SMILES string of the molecule is CC1CCN(c2ccc(NC(=O)CN(C)S(=O)(=O)c3ccc(Cl)cc3)cc2)CC1. The van der Waals surface area contributed by atoms with E-state index in [9.17, 15) is 13.2 Å². The summed E-state index contributed by atoms with van der Waals surface area (Å²) in [6.07, 6.45) is 2.37. The van der Waals surface area contributed by atoms with Crippen LogP contribution in [0.4, 0.5) is 11.4 Å². The molecular formula is C21H26ClN3O3S. The number of piperidine rings is 1. The van der Waals surface area contributed by atoms with E-state index in [4.69, 9.17) is 11.6 Å². The Morgan fingerprint density at radius 3 is 2.28 bits per heavy atom. The molecule has 1 saturated heterocycles. The number of nitrogens with one attached hydrogen (secondary N) is 1. The number of halogens is 1. The second-order valence-corrected chi connectivity index (χ2v) is 9.96. The van der Waals surface area contributed by atoms with Crippen molar-refractivity contribution < 1.29 is 13.2 Å². The molecule has 156 valence electrons. The molecule has 1 aliphatic rings. The Kier molecular flexibility index (Phi) is 6.82. The van der Waals surface area contributed by atoms with Gasteiger partial charge in [0.25, 0.3) is 0 Å². The zero-order chi connectivity index (χ0) is 21.0. The highest BCUT2D eigenvalue weighted by atomic mass is 35.5. The first-order chi connectivity index (χ1) is 13.8. The molecule has 1 fully saturated rings. The van der Waals surface area contributed by atoms with Gasteiger partial charge in [-0.3, -0.25) is 4.79 Å². The van der Waals surface area contributed by atoms with E-state index in [-0.39, 0.29) is 11.4 Å². The largest absolute Gasteiger partial charge is 0.372 e. The van der Waals surface area contributed by atoms with E-state index in [1.165, 1.54) is 44.2 Å². The summed E-state index contributed by atoms with van der Waals surface area (Å²) >= 11 is 5.81. The molecule has 6 nitrogen and oxygen atoms in total. The summed E-state index contributed by atoms with van der Waals surface area (Å²) in [4.78, 5) is 14.8. The Labute approximate surface area is 177 Å². The fraction of sp³-hybridized carbons (Fsp3) is 0.381. The molecule has 0 aliphatic carbocycles. The lowest BCUT2D eigenvalue weighted by molar-refractivity contribution is -0.116. The summed E-state index contributed by atoms with van der Waals surface area (Å²) in [5.41, 5.74) is 1.78. The van der Waals surface area contributed by atoms with Crippen molar-refractivity contribution in [3.63, 3.8) is 0 Å². The van der Waals surface area contributed by atoms with Gasteiger partial charge in [-0.25, -0.2) is 8.42 Å². The number of hydrogen-bond acceptors (Lipinski definition) is 4. The maximum Gasteiger partial charge on any atom is 0.243 e. The summed E-state index contributed by atoms with van der Waals surface area (Å²) in [7, 11) is -2.38. The third-order valence-electron chi connectivity index (χ3n) is 5.19. The molecule has 0 saturated carbocycles. The third-order valence-corrected chi connectivity index (χ3v) is 7.26. The van der Waals surface area contributed by atoms with E-state index in [0.29, 0.717) is 10.7 Å². The number of hydrogen-bond donors (Lipinski definition) is 1. The van der Waals surface area contributed by atoms with E-state index in [2.05, 4.69) is 17.1 Å². The molecule has 29 heavy (non-hydrogen) atoms. The highest BCUT2D eigenvalue weighted by Gasteiger charge is 2.23. The van der Waals surface area contributed by atoms with Crippen LogP contribution >= 0.6 is 11.6 Å². The van der Waals surface area contributed by atoms with Gasteiger partial charge in [0.15, 0.2) is 0 Å². The second kappa shape index (κ2) is 9.15. The first-order valence-corrected chi connectivity index (χ1v) is 11.4. The van der Waals surface area contributed by atoms with Crippen LogP contribution < -0.4 is 10.2 Å². The second-order valence-electron chi connectivity index (χ2n) is 7.48. The fourth-order valence-electron chi connectivity index (χ4n) is 3.30. The van der Waals surface area contributed by atoms with Gasteiger partial charge in [-0.15, -0.1) is 0 Å². The Morgan fingerprint density at radius 2 is 1.69 bits per heavy atom. The molecule has 1 amide bonds. The number of sulfonamides is 1. The number of rotatable bonds is 6. The lowest BCUT2D eigenvalue weighted by Crippen LogP contribution is -2.35. The molecule has 1 heterocycles. The van der Waals surface area contributed by atoms with Gasteiger partial charge in [0.05, 0.1) is 11.4 Å². The van der Waals surface area contributed by atoms with E-state index in [1.54, 1.807) is 0 Å². The van der Waals surface area contributed by atoms with Gasteiger partial charge in [-0.2, -0.15) is 4.31 Å².